The number of hydrogen-bond acceptors (Lipinski definition) is 5. The molecule has 1 fully saturated rings. The lowest BCUT2D eigenvalue weighted by Crippen LogP contribution is -2.29. The summed E-state index contributed by atoms with van der Waals surface area (Å²) >= 11 is 3.65. The number of nitrogens with zero attached hydrogens (tertiary/aromatic N) is 3. The van der Waals surface area contributed by atoms with Crippen LogP contribution >= 0.6 is 23.3 Å². The lowest BCUT2D eigenvalue weighted by atomic mass is 10.2. The highest BCUT2D eigenvalue weighted by atomic mass is 32.2. The van der Waals surface area contributed by atoms with Gasteiger partial charge in [0.15, 0.2) is 0 Å². The third-order valence-electron chi connectivity index (χ3n) is 3.38. The smallest absolute Gasteiger partial charge is 0.205 e. The fourth-order valence-corrected chi connectivity index (χ4v) is 4.26. The van der Waals surface area contributed by atoms with Gasteiger partial charge in [-0.15, -0.1) is 0 Å². The molecule has 0 saturated heterocycles. The van der Waals surface area contributed by atoms with Crippen molar-refractivity contribution in [3.8, 4) is 0 Å². The van der Waals surface area contributed by atoms with E-state index in [4.69, 9.17) is 0 Å². The summed E-state index contributed by atoms with van der Waals surface area (Å²) in [6, 6.07) is 0.664. The van der Waals surface area contributed by atoms with E-state index in [0.29, 0.717) is 6.04 Å². The van der Waals surface area contributed by atoms with Gasteiger partial charge in [0.1, 0.15) is 5.82 Å². The Labute approximate surface area is 112 Å². The zero-order valence-corrected chi connectivity index (χ0v) is 12.5. The highest BCUT2D eigenvalue weighted by Gasteiger charge is 2.28. The monoisotopic (exact) mass is 271 g/mol. The minimum atomic E-state index is 0.664. The van der Waals surface area contributed by atoms with Crippen molar-refractivity contribution in [2.45, 2.75) is 50.8 Å². The standard InChI is InChI=1S/C12H21N3S2/c1-4-11-13-12(17-14-11)15(3)9-6-7-10(8-9)16-5-2/h9-10H,4-8H2,1-3H3. The van der Waals surface area contributed by atoms with Crippen LogP contribution in [0.2, 0.25) is 0 Å². The van der Waals surface area contributed by atoms with Crippen LogP contribution in [-0.2, 0) is 6.42 Å². The number of rotatable bonds is 5. The molecule has 0 aromatic carbocycles. The SMILES string of the molecule is CCSC1CCC(N(C)c2nc(CC)ns2)C1. The first-order valence-electron chi connectivity index (χ1n) is 6.41. The van der Waals surface area contributed by atoms with Crippen molar-refractivity contribution < 1.29 is 0 Å². The predicted octanol–water partition coefficient (Wildman–Crippen LogP) is 3.21. The van der Waals surface area contributed by atoms with Gasteiger partial charge in [-0.3, -0.25) is 0 Å². The third-order valence-corrected chi connectivity index (χ3v) is 5.46. The highest BCUT2D eigenvalue weighted by Crippen LogP contribution is 2.34. The first-order valence-corrected chi connectivity index (χ1v) is 8.23. The minimum absolute atomic E-state index is 0.664. The van der Waals surface area contributed by atoms with Gasteiger partial charge in [0, 0.05) is 36.3 Å². The van der Waals surface area contributed by atoms with Gasteiger partial charge in [0.05, 0.1) is 0 Å². The van der Waals surface area contributed by atoms with Crippen LogP contribution in [0.25, 0.3) is 0 Å². The van der Waals surface area contributed by atoms with Crippen LogP contribution in [-0.4, -0.2) is 33.4 Å². The molecule has 1 aromatic heterocycles. The van der Waals surface area contributed by atoms with Gasteiger partial charge in [0.25, 0.3) is 0 Å². The summed E-state index contributed by atoms with van der Waals surface area (Å²) in [4.78, 5) is 6.91. The lowest BCUT2D eigenvalue weighted by Gasteiger charge is -2.23. The van der Waals surface area contributed by atoms with Crippen LogP contribution in [0.5, 0.6) is 0 Å². The Kier molecular flexibility index (Phi) is 4.68. The van der Waals surface area contributed by atoms with E-state index in [0.717, 1.165) is 22.6 Å². The van der Waals surface area contributed by atoms with Crippen LogP contribution in [0.1, 0.15) is 38.9 Å². The number of aromatic nitrogens is 2. The van der Waals surface area contributed by atoms with E-state index in [1.165, 1.54) is 25.0 Å². The molecule has 17 heavy (non-hydrogen) atoms. The van der Waals surface area contributed by atoms with Crippen molar-refractivity contribution in [2.24, 2.45) is 0 Å². The van der Waals surface area contributed by atoms with E-state index in [9.17, 15) is 0 Å². The van der Waals surface area contributed by atoms with Gasteiger partial charge in [-0.1, -0.05) is 13.8 Å². The Bertz CT molecular complexity index is 353. The van der Waals surface area contributed by atoms with Crippen LogP contribution in [0.3, 0.4) is 0 Å². The molecule has 1 aromatic rings. The molecule has 2 unspecified atom stereocenters. The molecule has 1 saturated carbocycles. The van der Waals surface area contributed by atoms with Crippen molar-refractivity contribution in [1.29, 1.82) is 0 Å². The van der Waals surface area contributed by atoms with E-state index >= 15 is 0 Å². The van der Waals surface area contributed by atoms with Crippen molar-refractivity contribution in [3.63, 3.8) is 0 Å². The average Bonchev–Trinajstić information content (AvgIpc) is 2.97. The number of aryl methyl sites for hydroxylation is 1. The van der Waals surface area contributed by atoms with E-state index in [2.05, 4.69) is 46.9 Å². The number of thioether (sulfide) groups is 1. The fourth-order valence-electron chi connectivity index (χ4n) is 2.34. The maximum atomic E-state index is 4.57. The predicted molar refractivity (Wildman–Crippen MR) is 77.2 cm³/mol. The summed E-state index contributed by atoms with van der Waals surface area (Å²) in [6.45, 7) is 4.36. The zero-order chi connectivity index (χ0) is 12.3. The maximum Gasteiger partial charge on any atom is 0.205 e. The number of anilines is 1. The Morgan fingerprint density at radius 2 is 2.24 bits per heavy atom. The molecule has 0 bridgehead atoms. The molecule has 0 N–H and O–H groups in total. The number of hydrogen-bond donors (Lipinski definition) is 0. The van der Waals surface area contributed by atoms with Crippen molar-refractivity contribution in [3.05, 3.63) is 5.82 Å². The molecule has 96 valence electrons. The van der Waals surface area contributed by atoms with Crippen molar-refractivity contribution in [2.75, 3.05) is 17.7 Å². The van der Waals surface area contributed by atoms with Gasteiger partial charge in [-0.25, -0.2) is 4.98 Å². The van der Waals surface area contributed by atoms with Gasteiger partial charge >= 0.3 is 0 Å². The summed E-state index contributed by atoms with van der Waals surface area (Å²) in [5.41, 5.74) is 0. The Morgan fingerprint density at radius 1 is 1.41 bits per heavy atom. The largest absolute Gasteiger partial charge is 0.347 e. The molecular weight excluding hydrogens is 250 g/mol. The Morgan fingerprint density at radius 3 is 2.88 bits per heavy atom. The molecule has 1 aliphatic rings. The van der Waals surface area contributed by atoms with Crippen LogP contribution in [0.15, 0.2) is 0 Å². The Hall–Kier alpha value is -0.290. The normalized spacial score (nSPS) is 24.2. The van der Waals surface area contributed by atoms with Gasteiger partial charge in [-0.05, 0) is 25.0 Å². The molecule has 0 aliphatic heterocycles. The molecule has 3 nitrogen and oxygen atoms in total. The van der Waals surface area contributed by atoms with E-state index in [1.54, 1.807) is 11.5 Å². The summed E-state index contributed by atoms with van der Waals surface area (Å²) in [5.74, 6) is 2.22. The fraction of sp³-hybridized carbons (Fsp3) is 0.833. The van der Waals surface area contributed by atoms with Gasteiger partial charge < -0.3 is 4.90 Å². The van der Waals surface area contributed by atoms with Crippen LogP contribution < -0.4 is 4.90 Å². The summed E-state index contributed by atoms with van der Waals surface area (Å²) in [6.07, 6.45) is 4.89. The molecule has 0 amide bonds. The molecule has 1 aliphatic carbocycles. The molecule has 1 heterocycles. The molecular formula is C12H21N3S2. The Balaban J connectivity index is 1.94. The van der Waals surface area contributed by atoms with Gasteiger partial charge in [-0.2, -0.15) is 16.1 Å². The van der Waals surface area contributed by atoms with E-state index < -0.39 is 0 Å². The van der Waals surface area contributed by atoms with Crippen molar-refractivity contribution in [1.82, 2.24) is 9.36 Å². The van der Waals surface area contributed by atoms with E-state index in [1.807, 2.05) is 0 Å². The average molecular weight is 271 g/mol. The summed E-state index contributed by atoms with van der Waals surface area (Å²) in [5, 5.41) is 1.94. The van der Waals surface area contributed by atoms with Crippen LogP contribution in [0, 0.1) is 0 Å². The van der Waals surface area contributed by atoms with Crippen molar-refractivity contribution >= 4 is 28.4 Å². The van der Waals surface area contributed by atoms with Gasteiger partial charge in [0.2, 0.25) is 5.13 Å². The molecule has 2 rings (SSSR count). The quantitative estimate of drug-likeness (QED) is 0.822. The second-order valence-corrected chi connectivity index (χ2v) is 6.81. The first kappa shape index (κ1) is 13.1. The lowest BCUT2D eigenvalue weighted by molar-refractivity contribution is 0.652. The second-order valence-electron chi connectivity index (χ2n) is 4.50. The zero-order valence-electron chi connectivity index (χ0n) is 10.8. The van der Waals surface area contributed by atoms with Crippen LogP contribution in [0.4, 0.5) is 5.13 Å². The maximum absolute atomic E-state index is 4.57. The summed E-state index contributed by atoms with van der Waals surface area (Å²) in [7, 11) is 2.17. The first-order chi connectivity index (χ1) is 8.24. The minimum Gasteiger partial charge on any atom is -0.347 e. The van der Waals surface area contributed by atoms with E-state index in [-0.39, 0.29) is 0 Å². The molecule has 2 atom stereocenters. The molecule has 0 spiro atoms. The topological polar surface area (TPSA) is 29.0 Å². The highest BCUT2D eigenvalue weighted by molar-refractivity contribution is 7.99. The third kappa shape index (κ3) is 3.13. The summed E-state index contributed by atoms with van der Waals surface area (Å²) < 4.78 is 4.37. The molecule has 5 heteroatoms. The second kappa shape index (κ2) is 6.05. The molecule has 0 radical (unpaired) electrons.